The summed E-state index contributed by atoms with van der Waals surface area (Å²) in [4.78, 5) is 24.0. The summed E-state index contributed by atoms with van der Waals surface area (Å²) in [6, 6.07) is 5.96. The van der Waals surface area contributed by atoms with E-state index in [-0.39, 0.29) is 23.6 Å². The Morgan fingerprint density at radius 2 is 1.97 bits per heavy atom. The summed E-state index contributed by atoms with van der Waals surface area (Å²) in [6.07, 6.45) is 1.88. The average Bonchev–Trinajstić information content (AvgIpc) is 2.73. The number of pyridine rings is 1. The van der Waals surface area contributed by atoms with Crippen molar-refractivity contribution in [2.75, 3.05) is 37.6 Å². The van der Waals surface area contributed by atoms with Crippen LogP contribution in [0.1, 0.15) is 0 Å². The van der Waals surface area contributed by atoms with Crippen LogP contribution in [0, 0.1) is 5.82 Å². The highest BCUT2D eigenvalue weighted by atomic mass is 35.6. The molecule has 0 radical (unpaired) electrons. The molecular formula is C19H17Cl3FN5O4. The average molecular weight is 505 g/mol. The number of hydrogen-bond acceptors (Lipinski definition) is 8. The third kappa shape index (κ3) is 6.92. The summed E-state index contributed by atoms with van der Waals surface area (Å²) in [5.41, 5.74) is 0.850. The van der Waals surface area contributed by atoms with Crippen LogP contribution in [0.15, 0.2) is 36.8 Å². The zero-order chi connectivity index (χ0) is 23.1. The molecule has 2 heterocycles. The topological polar surface area (TPSA) is 107 Å². The van der Waals surface area contributed by atoms with Crippen LogP contribution in [-0.4, -0.2) is 51.8 Å². The monoisotopic (exact) mass is 503 g/mol. The molecular weight excluding hydrogens is 488 g/mol. The SMILES string of the molecule is COCCOc1cc(F)c2c(Nc3ccc(NC(=O)OCC(Cl)(Cl)Cl)nc3)ncnc2c1. The summed E-state index contributed by atoms with van der Waals surface area (Å²) in [5, 5.41) is 5.55. The lowest BCUT2D eigenvalue weighted by molar-refractivity contribution is 0.146. The van der Waals surface area contributed by atoms with Crippen molar-refractivity contribution in [2.45, 2.75) is 3.79 Å². The minimum atomic E-state index is -1.72. The van der Waals surface area contributed by atoms with Crippen molar-refractivity contribution in [2.24, 2.45) is 0 Å². The number of carbonyl (C=O) groups excluding carboxylic acids is 1. The van der Waals surface area contributed by atoms with Crippen LogP contribution in [0.2, 0.25) is 0 Å². The van der Waals surface area contributed by atoms with Crippen LogP contribution in [0.4, 0.5) is 26.5 Å². The first-order valence-electron chi connectivity index (χ1n) is 9.05. The van der Waals surface area contributed by atoms with E-state index in [2.05, 4.69) is 25.6 Å². The smallest absolute Gasteiger partial charge is 0.412 e. The van der Waals surface area contributed by atoms with Crippen LogP contribution < -0.4 is 15.4 Å². The van der Waals surface area contributed by atoms with Gasteiger partial charge in [-0.15, -0.1) is 0 Å². The second-order valence-corrected chi connectivity index (χ2v) is 8.75. The summed E-state index contributed by atoms with van der Waals surface area (Å²) in [5.74, 6) is 0.207. The summed E-state index contributed by atoms with van der Waals surface area (Å²) >= 11 is 16.6. The van der Waals surface area contributed by atoms with E-state index in [1.54, 1.807) is 19.2 Å². The van der Waals surface area contributed by atoms with Crippen molar-refractivity contribution in [3.05, 3.63) is 42.6 Å². The molecule has 13 heteroatoms. The van der Waals surface area contributed by atoms with Gasteiger partial charge in [-0.1, -0.05) is 34.8 Å². The zero-order valence-electron chi connectivity index (χ0n) is 16.6. The number of benzene rings is 1. The molecule has 2 aromatic heterocycles. The molecule has 0 aliphatic rings. The number of hydrogen-bond donors (Lipinski definition) is 2. The predicted molar refractivity (Wildman–Crippen MR) is 120 cm³/mol. The van der Waals surface area contributed by atoms with Crippen LogP contribution in [0.5, 0.6) is 5.75 Å². The molecule has 0 atom stereocenters. The number of methoxy groups -OCH3 is 1. The standard InChI is InChI=1S/C19H17Cl3FN5O4/c1-30-4-5-31-12-6-13(23)16-14(7-12)25-10-26-17(16)27-11-2-3-15(24-8-11)28-18(29)32-9-19(20,21)22/h2-3,6-8,10H,4-5,9H2,1H3,(H,24,28,29)(H,25,26,27). The highest BCUT2D eigenvalue weighted by Crippen LogP contribution is 2.29. The number of carbonyl (C=O) groups is 1. The minimum absolute atomic E-state index is 0.184. The maximum absolute atomic E-state index is 14.7. The van der Waals surface area contributed by atoms with E-state index in [1.165, 1.54) is 24.7 Å². The molecule has 1 aromatic carbocycles. The fraction of sp³-hybridized carbons (Fsp3) is 0.263. The van der Waals surface area contributed by atoms with E-state index in [0.29, 0.717) is 23.6 Å². The number of rotatable bonds is 8. The van der Waals surface area contributed by atoms with E-state index in [4.69, 9.17) is 49.0 Å². The molecule has 0 aliphatic heterocycles. The number of nitrogens with one attached hydrogen (secondary N) is 2. The van der Waals surface area contributed by atoms with Gasteiger partial charge in [0.25, 0.3) is 0 Å². The van der Waals surface area contributed by atoms with E-state index in [9.17, 15) is 9.18 Å². The Kier molecular flexibility index (Phi) is 8.08. The minimum Gasteiger partial charge on any atom is -0.491 e. The lowest BCUT2D eigenvalue weighted by atomic mass is 10.2. The molecule has 3 rings (SSSR count). The molecule has 3 aromatic rings. The van der Waals surface area contributed by atoms with E-state index in [1.807, 2.05) is 0 Å². The number of fused-ring (bicyclic) bond motifs is 1. The number of nitrogens with zero attached hydrogens (tertiary/aromatic N) is 3. The Labute approximate surface area is 197 Å². The van der Waals surface area contributed by atoms with Crippen molar-refractivity contribution < 1.29 is 23.4 Å². The Balaban J connectivity index is 1.70. The van der Waals surface area contributed by atoms with Gasteiger partial charge in [-0.3, -0.25) is 5.32 Å². The fourth-order valence-electron chi connectivity index (χ4n) is 2.51. The predicted octanol–water partition coefficient (Wildman–Crippen LogP) is 4.85. The van der Waals surface area contributed by atoms with Gasteiger partial charge in [0.15, 0.2) is 0 Å². The van der Waals surface area contributed by atoms with E-state index >= 15 is 0 Å². The van der Waals surface area contributed by atoms with Gasteiger partial charge in [-0.05, 0) is 12.1 Å². The summed E-state index contributed by atoms with van der Waals surface area (Å²) in [6.45, 7) is 0.231. The molecule has 0 fully saturated rings. The molecule has 32 heavy (non-hydrogen) atoms. The number of ether oxygens (including phenoxy) is 3. The van der Waals surface area contributed by atoms with Gasteiger partial charge < -0.3 is 19.5 Å². The molecule has 2 N–H and O–H groups in total. The number of alkyl halides is 3. The molecule has 0 spiro atoms. The second kappa shape index (κ2) is 10.8. The van der Waals surface area contributed by atoms with Crippen LogP contribution in [0.25, 0.3) is 10.9 Å². The van der Waals surface area contributed by atoms with Crippen LogP contribution in [0.3, 0.4) is 0 Å². The Morgan fingerprint density at radius 3 is 2.66 bits per heavy atom. The molecule has 0 aliphatic carbocycles. The van der Waals surface area contributed by atoms with Crippen molar-refractivity contribution in [3.8, 4) is 5.75 Å². The maximum Gasteiger partial charge on any atom is 0.412 e. The normalized spacial score (nSPS) is 11.3. The number of aromatic nitrogens is 3. The summed E-state index contributed by atoms with van der Waals surface area (Å²) < 4.78 is 28.2. The first kappa shape index (κ1) is 24.0. The molecule has 1 amide bonds. The van der Waals surface area contributed by atoms with Gasteiger partial charge in [0.1, 0.15) is 42.7 Å². The van der Waals surface area contributed by atoms with Gasteiger partial charge in [-0.2, -0.15) is 0 Å². The Bertz CT molecular complexity index is 1080. The third-order valence-corrected chi connectivity index (χ3v) is 4.17. The lowest BCUT2D eigenvalue weighted by Crippen LogP contribution is -2.21. The molecule has 9 nitrogen and oxygen atoms in total. The van der Waals surface area contributed by atoms with Gasteiger partial charge in [0.05, 0.1) is 29.4 Å². The number of anilines is 3. The van der Waals surface area contributed by atoms with Gasteiger partial charge >= 0.3 is 6.09 Å². The Hall–Kier alpha value is -2.66. The number of amides is 1. The summed E-state index contributed by atoms with van der Waals surface area (Å²) in [7, 11) is 1.55. The van der Waals surface area contributed by atoms with Crippen LogP contribution in [-0.2, 0) is 9.47 Å². The lowest BCUT2D eigenvalue weighted by Gasteiger charge is -2.12. The first-order chi connectivity index (χ1) is 15.2. The number of halogens is 4. The highest BCUT2D eigenvalue weighted by Gasteiger charge is 2.22. The highest BCUT2D eigenvalue weighted by molar-refractivity contribution is 6.67. The van der Waals surface area contributed by atoms with Crippen molar-refractivity contribution in [1.29, 1.82) is 0 Å². The molecule has 0 unspecified atom stereocenters. The van der Waals surface area contributed by atoms with Gasteiger partial charge in [0.2, 0.25) is 3.79 Å². The van der Waals surface area contributed by atoms with Gasteiger partial charge in [0, 0.05) is 19.2 Å². The first-order valence-corrected chi connectivity index (χ1v) is 10.2. The van der Waals surface area contributed by atoms with Crippen molar-refractivity contribution in [1.82, 2.24) is 15.0 Å². The third-order valence-electron chi connectivity index (χ3n) is 3.84. The van der Waals surface area contributed by atoms with E-state index < -0.39 is 22.3 Å². The quantitative estimate of drug-likeness (QED) is 0.331. The second-order valence-electron chi connectivity index (χ2n) is 6.24. The van der Waals surface area contributed by atoms with Gasteiger partial charge in [-0.25, -0.2) is 24.1 Å². The molecule has 0 saturated heterocycles. The van der Waals surface area contributed by atoms with E-state index in [0.717, 1.165) is 0 Å². The Morgan fingerprint density at radius 1 is 1.16 bits per heavy atom. The molecule has 0 saturated carbocycles. The van der Waals surface area contributed by atoms with Crippen LogP contribution >= 0.6 is 34.8 Å². The molecule has 170 valence electrons. The molecule has 0 bridgehead atoms. The fourth-order valence-corrected chi connectivity index (χ4v) is 2.67. The van der Waals surface area contributed by atoms with Crippen molar-refractivity contribution in [3.63, 3.8) is 0 Å². The largest absolute Gasteiger partial charge is 0.491 e. The maximum atomic E-state index is 14.7. The zero-order valence-corrected chi connectivity index (χ0v) is 18.8. The van der Waals surface area contributed by atoms with Crippen molar-refractivity contribution >= 4 is 69.1 Å².